The van der Waals surface area contributed by atoms with Crippen molar-refractivity contribution in [3.8, 4) is 0 Å². The molecule has 0 N–H and O–H groups in total. The van der Waals surface area contributed by atoms with Gasteiger partial charge < -0.3 is 0 Å². The van der Waals surface area contributed by atoms with Crippen LogP contribution in [0.3, 0.4) is 0 Å². The van der Waals surface area contributed by atoms with E-state index in [0.717, 1.165) is 0 Å². The van der Waals surface area contributed by atoms with Gasteiger partial charge in [-0.3, -0.25) is 0 Å². The summed E-state index contributed by atoms with van der Waals surface area (Å²) in [5.41, 5.74) is 0. The van der Waals surface area contributed by atoms with Crippen LogP contribution in [-0.4, -0.2) is 19.9 Å². The molecule has 0 atom stereocenters. The third-order valence-electron chi connectivity index (χ3n) is 1.11. The van der Waals surface area contributed by atoms with Crippen molar-refractivity contribution >= 4 is 9.84 Å². The average molecular weight is 148 g/mol. The minimum Gasteiger partial charge on any atom is -0.229 e. The Morgan fingerprint density at radius 1 is 1.22 bits per heavy atom. The van der Waals surface area contributed by atoms with Crippen LogP contribution in [0.2, 0.25) is 0 Å². The average Bonchev–Trinajstić information content (AvgIpc) is 1.65. The van der Waals surface area contributed by atoms with Crippen LogP contribution in [0.15, 0.2) is 12.2 Å². The van der Waals surface area contributed by atoms with Crippen molar-refractivity contribution in [3.63, 3.8) is 0 Å². The van der Waals surface area contributed by atoms with Gasteiger partial charge in [0.15, 0.2) is 9.84 Å². The van der Waals surface area contributed by atoms with Crippen molar-refractivity contribution in [2.75, 3.05) is 11.5 Å². The highest BCUT2D eigenvalue weighted by Gasteiger charge is 2.09. The molecule has 0 spiro atoms. The van der Waals surface area contributed by atoms with Gasteiger partial charge in [0.25, 0.3) is 0 Å². The molecule has 1 aliphatic rings. The second-order valence-electron chi connectivity index (χ2n) is 1.87. The summed E-state index contributed by atoms with van der Waals surface area (Å²) in [6, 6.07) is 0. The third kappa shape index (κ3) is 2.65. The summed E-state index contributed by atoms with van der Waals surface area (Å²) >= 11 is 0. The Bertz CT molecular complexity index is 189. The van der Waals surface area contributed by atoms with Crippen LogP contribution in [0.5, 0.6) is 0 Å². The van der Waals surface area contributed by atoms with Crippen LogP contribution in [0.4, 0.5) is 0 Å². The van der Waals surface area contributed by atoms with Crippen molar-refractivity contribution in [3.05, 3.63) is 12.2 Å². The molecule has 0 radical (unpaired) electrons. The van der Waals surface area contributed by atoms with Crippen LogP contribution in [0, 0.1) is 0 Å². The van der Waals surface area contributed by atoms with Crippen LogP contribution >= 0.6 is 0 Å². The topological polar surface area (TPSA) is 34.1 Å². The second kappa shape index (κ2) is 3.01. The summed E-state index contributed by atoms with van der Waals surface area (Å²) in [5, 5.41) is 0. The van der Waals surface area contributed by atoms with Crippen LogP contribution < -0.4 is 0 Å². The predicted octanol–water partition coefficient (Wildman–Crippen LogP) is 0.997. The maximum atomic E-state index is 10.6. The van der Waals surface area contributed by atoms with E-state index in [-0.39, 0.29) is 13.2 Å². The van der Waals surface area contributed by atoms with Crippen molar-refractivity contribution < 1.29 is 8.42 Å². The van der Waals surface area contributed by atoms with E-state index in [1.807, 2.05) is 6.08 Å². The zero-order chi connectivity index (χ0) is 6.04. The fourth-order valence-corrected chi connectivity index (χ4v) is 1.75. The number of hydrogen-bond donors (Lipinski definition) is 0. The highest BCUT2D eigenvalue weighted by molar-refractivity contribution is 7.91. The predicted molar refractivity (Wildman–Crippen MR) is 39.1 cm³/mol. The molecule has 0 bridgehead atoms. The summed E-state index contributed by atoms with van der Waals surface area (Å²) in [6.45, 7) is 0. The van der Waals surface area contributed by atoms with Crippen LogP contribution in [0.1, 0.15) is 13.8 Å². The first kappa shape index (κ1) is 8.69. The molecule has 54 valence electrons. The molecule has 1 rings (SSSR count). The number of rotatable bonds is 0. The summed E-state index contributed by atoms with van der Waals surface area (Å²) in [5.74, 6) is 0.580. The molecule has 1 heterocycles. The number of hydrogen-bond acceptors (Lipinski definition) is 2. The summed E-state index contributed by atoms with van der Waals surface area (Å²) in [4.78, 5) is 0. The molecule has 0 aromatic heterocycles. The Morgan fingerprint density at radius 3 is 2.11 bits per heavy atom. The van der Waals surface area contributed by atoms with Crippen molar-refractivity contribution in [1.29, 1.82) is 0 Å². The van der Waals surface area contributed by atoms with Gasteiger partial charge in [-0.1, -0.05) is 19.6 Å². The molecule has 0 amide bonds. The van der Waals surface area contributed by atoms with Gasteiger partial charge in [-0.2, -0.15) is 0 Å². The highest BCUT2D eigenvalue weighted by atomic mass is 32.2. The number of sulfone groups is 1. The van der Waals surface area contributed by atoms with E-state index in [9.17, 15) is 8.42 Å². The lowest BCUT2D eigenvalue weighted by molar-refractivity contribution is 0.597. The van der Waals surface area contributed by atoms with E-state index in [1.165, 1.54) is 0 Å². The first-order valence-electron chi connectivity index (χ1n) is 2.56. The van der Waals surface area contributed by atoms with Gasteiger partial charge in [-0.25, -0.2) is 8.42 Å². The Labute approximate surface area is 56.5 Å². The quantitative estimate of drug-likeness (QED) is 0.480. The summed E-state index contributed by atoms with van der Waals surface area (Å²) in [6.07, 6.45) is 4.31. The van der Waals surface area contributed by atoms with Crippen molar-refractivity contribution in [2.45, 2.75) is 13.8 Å². The van der Waals surface area contributed by atoms with Crippen LogP contribution in [-0.2, 0) is 9.84 Å². The molecule has 3 heteroatoms. The minimum atomic E-state index is -2.67. The van der Waals surface area contributed by atoms with E-state index in [2.05, 4.69) is 0 Å². The van der Waals surface area contributed by atoms with Crippen molar-refractivity contribution in [2.24, 2.45) is 0 Å². The molecule has 0 aromatic rings. The van der Waals surface area contributed by atoms with E-state index in [1.54, 1.807) is 6.08 Å². The van der Waals surface area contributed by atoms with Gasteiger partial charge in [0.05, 0.1) is 11.5 Å². The van der Waals surface area contributed by atoms with Gasteiger partial charge in [0.1, 0.15) is 0 Å². The van der Waals surface area contributed by atoms with E-state index < -0.39 is 9.84 Å². The molecule has 0 saturated carbocycles. The lowest BCUT2D eigenvalue weighted by atomic mass is 10.4. The molecule has 0 aromatic carbocycles. The largest absolute Gasteiger partial charge is 0.229 e. The molecule has 0 unspecified atom stereocenters. The van der Waals surface area contributed by atoms with Crippen LogP contribution in [0.25, 0.3) is 0 Å². The number of allylic oxidation sites excluding steroid dienone is 1. The Morgan fingerprint density at radius 2 is 1.89 bits per heavy atom. The molecule has 0 saturated heterocycles. The first-order chi connectivity index (χ1) is 3.71. The smallest absolute Gasteiger partial charge is 0.154 e. The van der Waals surface area contributed by atoms with Gasteiger partial charge in [0, 0.05) is 0 Å². The van der Waals surface area contributed by atoms with E-state index in [4.69, 9.17) is 0 Å². The first-order valence-corrected chi connectivity index (χ1v) is 4.38. The minimum absolute atomic E-state index is 0. The Balaban J connectivity index is 0.000000640. The van der Waals surface area contributed by atoms with Gasteiger partial charge in [0.2, 0.25) is 0 Å². The maximum absolute atomic E-state index is 10.6. The molecular formula is C6H12O2S. The zero-order valence-corrected chi connectivity index (χ0v) is 5.32. The normalized spacial score (nSPS) is 22.7. The summed E-state index contributed by atoms with van der Waals surface area (Å²) in [7, 11) is -2.67. The highest BCUT2D eigenvalue weighted by Crippen LogP contribution is 2.01. The fraction of sp³-hybridized carbons (Fsp3) is 0.667. The summed E-state index contributed by atoms with van der Waals surface area (Å²) < 4.78 is 21.2. The fourth-order valence-electron chi connectivity index (χ4n) is 0.663. The maximum Gasteiger partial charge on any atom is 0.154 e. The molecular weight excluding hydrogens is 136 g/mol. The lowest BCUT2D eigenvalue weighted by Gasteiger charge is -2.01. The van der Waals surface area contributed by atoms with Gasteiger partial charge >= 0.3 is 0 Å². The third-order valence-corrected chi connectivity index (χ3v) is 2.67. The van der Waals surface area contributed by atoms with Crippen molar-refractivity contribution in [1.82, 2.24) is 0 Å². The molecule has 0 fully saturated rings. The molecule has 2 nitrogen and oxygen atoms in total. The van der Waals surface area contributed by atoms with E-state index >= 15 is 0 Å². The van der Waals surface area contributed by atoms with E-state index in [0.29, 0.717) is 12.2 Å². The lowest BCUT2D eigenvalue weighted by Crippen LogP contribution is -2.11. The second-order valence-corrected chi connectivity index (χ2v) is 4.10. The Kier molecular flexibility index (Phi) is 2.91. The monoisotopic (exact) mass is 148 g/mol. The Hall–Kier alpha value is -0.310. The van der Waals surface area contributed by atoms with Gasteiger partial charge in [-0.15, -0.1) is 0 Å². The SMILES string of the molecule is C.O=S1(=O)CC=CCC1. The standard InChI is InChI=1S/C5H8O2S.CH4/c6-8(7)4-2-1-3-5-8;/h1-2H,3-5H2;1H4. The molecule has 1 aliphatic heterocycles. The molecule has 0 aliphatic carbocycles. The zero-order valence-electron chi connectivity index (χ0n) is 4.50. The molecule has 9 heavy (non-hydrogen) atoms. The van der Waals surface area contributed by atoms with Gasteiger partial charge in [-0.05, 0) is 6.42 Å².